The van der Waals surface area contributed by atoms with Crippen molar-refractivity contribution in [3.8, 4) is 0 Å². The molecule has 0 aliphatic carbocycles. The van der Waals surface area contributed by atoms with Crippen LogP contribution in [0.5, 0.6) is 0 Å². The Balaban J connectivity index is 0.000000690. The number of hydrogen-bond donors (Lipinski definition) is 0. The quantitative estimate of drug-likeness (QED) is 0.160. The molecule has 0 aromatic carbocycles. The Hall–Kier alpha value is -2.49. The van der Waals surface area contributed by atoms with Gasteiger partial charge in [0.2, 0.25) is 11.8 Å². The molecule has 3 amide bonds. The molecule has 10 rings (SSSR count). The highest BCUT2D eigenvalue weighted by Crippen LogP contribution is 2.37. The van der Waals surface area contributed by atoms with E-state index in [4.69, 9.17) is 47.4 Å². The minimum Gasteiger partial charge on any atom is -0.379 e. The molecule has 10 aliphatic rings. The van der Waals surface area contributed by atoms with Crippen LogP contribution in [-0.2, 0) is 61.8 Å². The van der Waals surface area contributed by atoms with Crippen LogP contribution in [0, 0.1) is 32.5 Å². The lowest BCUT2D eigenvalue weighted by molar-refractivity contribution is -0.177. The van der Waals surface area contributed by atoms with E-state index in [-0.39, 0.29) is 46.9 Å². The highest BCUT2D eigenvalue weighted by Gasteiger charge is 2.52. The second-order valence-electron chi connectivity index (χ2n) is 45.6. The molecule has 0 aromatic rings. The summed E-state index contributed by atoms with van der Waals surface area (Å²) in [5.41, 5.74) is 0.848. The molecule has 10 saturated heterocycles. The fraction of sp³-hybridized carbons (Fsp3) is 0.969. The van der Waals surface area contributed by atoms with Gasteiger partial charge in [-0.1, -0.05) is 125 Å². The van der Waals surface area contributed by atoms with Gasteiger partial charge in [-0.2, -0.15) is 8.78 Å². The standard InChI is InChI=1S/C11H24N2O.C11H23NO.C10H17F2NO2.C10H21NO2.C10H19NO2.C10H21NO.C9H20N2.C9H17NO2.C9H19NO.C8H17NO/c1-11(2,3)12(4)5-6-13-7-9-14-10-8-13;1-11(2,3)5-4-6-12-7-9-13-10-8-12;1-9(2,3)10(11,12)8(14)13-4-6-15-7-5-13;1-10(2,3)13-9-6-11-4-7-12-8-5-11;1-10(2,3)8-9(12)11-4-6-13-7-5-11;1-10(2,3)4-5-11-6-8-12-9-7-11;1-9(2,3)11-7-5-10(4)6-8-11;1-9(2,3)8(11)10-4-6-12-7-5-10;1-9(2,3)8-10-4-6-11-7-5-10;1-8(2,3)9-4-6-10-7-5-9/h5-10H2,1-4H3;4-10H2,1-3H3;4-7H2,1-3H3;4-9H2,1-3H3;4-8H2,1-3H3;4-9H2,1-3H3;5-8H2,1-4H3;4-7H2,1-3H3;4-8H2,1-3H3;4-7H2,1-3H3. The fourth-order valence-corrected chi connectivity index (χ4v) is 13.8. The predicted octanol–water partition coefficient (Wildman–Crippen LogP) is 13.3. The number of nitrogens with zero attached hydrogens (tertiary/aromatic N) is 12. The zero-order chi connectivity index (χ0) is 94.3. The third-order valence-corrected chi connectivity index (χ3v) is 22.5. The Morgan fingerprint density at radius 2 is 0.637 bits per heavy atom. The molecule has 124 heavy (non-hydrogen) atoms. The molecule has 738 valence electrons. The zero-order valence-electron chi connectivity index (χ0n) is 86.5. The summed E-state index contributed by atoms with van der Waals surface area (Å²) < 4.78 is 80.1. The van der Waals surface area contributed by atoms with Crippen molar-refractivity contribution in [2.45, 2.75) is 262 Å². The van der Waals surface area contributed by atoms with E-state index in [1.54, 1.807) is 0 Å². The second kappa shape index (κ2) is 59.9. The topological polar surface area (TPSA) is 182 Å². The Morgan fingerprint density at radius 3 is 0.944 bits per heavy atom. The Kier molecular flexibility index (Phi) is 57.7. The maximum Gasteiger partial charge on any atom is 0.329 e. The molecule has 25 nitrogen and oxygen atoms in total. The van der Waals surface area contributed by atoms with Crippen molar-refractivity contribution < 1.29 is 70.5 Å². The third-order valence-electron chi connectivity index (χ3n) is 22.5. The minimum absolute atomic E-state index is 0.00765. The van der Waals surface area contributed by atoms with Gasteiger partial charge in [0.1, 0.15) is 0 Å². The smallest absolute Gasteiger partial charge is 0.329 e. The molecular formula is C97H198F2N12O13. The maximum absolute atomic E-state index is 13.7. The van der Waals surface area contributed by atoms with Gasteiger partial charge in [-0.05, 0) is 151 Å². The number of rotatable bonds is 14. The van der Waals surface area contributed by atoms with E-state index in [0.29, 0.717) is 73.4 Å². The van der Waals surface area contributed by atoms with Crippen LogP contribution in [0.15, 0.2) is 0 Å². The number of hydrogen-bond acceptors (Lipinski definition) is 22. The Morgan fingerprint density at radius 1 is 0.331 bits per heavy atom. The van der Waals surface area contributed by atoms with Crippen molar-refractivity contribution in [1.82, 2.24) is 58.8 Å². The third kappa shape index (κ3) is 61.3. The Labute approximate surface area is 760 Å². The summed E-state index contributed by atoms with van der Waals surface area (Å²) in [7, 11) is 4.39. The van der Waals surface area contributed by atoms with Crippen LogP contribution in [0.25, 0.3) is 0 Å². The largest absolute Gasteiger partial charge is 0.379 e. The van der Waals surface area contributed by atoms with Gasteiger partial charge >= 0.3 is 5.92 Å². The lowest BCUT2D eigenvalue weighted by Crippen LogP contribution is -2.53. The molecule has 10 aliphatic heterocycles. The van der Waals surface area contributed by atoms with Crippen LogP contribution in [0.1, 0.15) is 233 Å². The summed E-state index contributed by atoms with van der Waals surface area (Å²) >= 11 is 0. The van der Waals surface area contributed by atoms with Crippen molar-refractivity contribution in [3.63, 3.8) is 0 Å². The number of amides is 3. The van der Waals surface area contributed by atoms with Crippen LogP contribution in [-0.4, -0.2) is 428 Å². The number of carbonyl (C=O) groups is 3. The van der Waals surface area contributed by atoms with Crippen molar-refractivity contribution in [2.75, 3.05) is 323 Å². The molecule has 0 unspecified atom stereocenters. The summed E-state index contributed by atoms with van der Waals surface area (Å²) in [5.74, 6) is -3.91. The number of alkyl halides is 2. The van der Waals surface area contributed by atoms with E-state index in [0.717, 1.165) is 210 Å². The summed E-state index contributed by atoms with van der Waals surface area (Å²) in [6, 6.07) is 0. The molecule has 0 atom stereocenters. The van der Waals surface area contributed by atoms with Crippen LogP contribution in [0.3, 0.4) is 0 Å². The van der Waals surface area contributed by atoms with Crippen molar-refractivity contribution in [2.24, 2.45) is 32.5 Å². The highest BCUT2D eigenvalue weighted by molar-refractivity contribution is 5.84. The monoisotopic (exact) mass is 1780 g/mol. The highest BCUT2D eigenvalue weighted by atomic mass is 19.3. The number of carbonyl (C=O) groups excluding carboxylic acids is 3. The number of halogens is 2. The first kappa shape index (κ1) is 120. The molecule has 0 radical (unpaired) electrons. The van der Waals surface area contributed by atoms with Gasteiger partial charge in [-0.25, -0.2) is 0 Å². The average Bonchev–Trinajstić information content (AvgIpc) is 0.795. The molecule has 10 fully saturated rings. The maximum atomic E-state index is 13.7. The average molecular weight is 1780 g/mol. The molecule has 0 N–H and O–H groups in total. The van der Waals surface area contributed by atoms with Gasteiger partial charge in [-0.3, -0.25) is 48.7 Å². The summed E-state index contributed by atoms with van der Waals surface area (Å²) in [6.45, 7) is 107. The molecule has 0 bridgehead atoms. The SMILES string of the molecule is CC(C)(C)C(=O)N1CCOCC1.CC(C)(C)C(F)(F)C(=O)N1CCOCC1.CC(C)(C)CC(=O)N1CCOCC1.CC(C)(C)CCCN1CCOCC1.CC(C)(C)CCN1CCOCC1.CC(C)(C)CN1CCOCC1.CC(C)(C)N1CCOCC1.CC(C)(C)OCCN1CCOCC1.CN(CCN1CCOCC1)C(C)(C)C.CN1CCN(C(C)(C)C)CC1. The first-order valence-electron chi connectivity index (χ1n) is 47.8. The minimum atomic E-state index is -3.32. The normalized spacial score (nSPS) is 20.8. The summed E-state index contributed by atoms with van der Waals surface area (Å²) in [6.07, 6.45) is 4.56. The first-order chi connectivity index (χ1) is 57.2. The van der Waals surface area contributed by atoms with E-state index in [9.17, 15) is 23.2 Å². The molecule has 0 saturated carbocycles. The molecule has 27 heteroatoms. The molecule has 0 aromatic heterocycles. The van der Waals surface area contributed by atoms with Gasteiger partial charge in [0, 0.05) is 204 Å². The van der Waals surface area contributed by atoms with E-state index >= 15 is 0 Å². The lowest BCUT2D eigenvalue weighted by atomic mass is 9.87. The Bertz CT molecular complexity index is 2640. The van der Waals surface area contributed by atoms with Crippen molar-refractivity contribution >= 4 is 17.7 Å². The van der Waals surface area contributed by atoms with Gasteiger partial charge in [0.15, 0.2) is 0 Å². The van der Waals surface area contributed by atoms with Gasteiger partial charge in [0.05, 0.1) is 131 Å². The van der Waals surface area contributed by atoms with Gasteiger partial charge in [0.25, 0.3) is 5.91 Å². The van der Waals surface area contributed by atoms with Crippen LogP contribution in [0.2, 0.25) is 0 Å². The molecule has 0 spiro atoms. The van der Waals surface area contributed by atoms with Crippen LogP contribution >= 0.6 is 0 Å². The van der Waals surface area contributed by atoms with E-state index in [1.165, 1.54) is 90.7 Å². The zero-order valence-corrected chi connectivity index (χ0v) is 86.5. The summed E-state index contributed by atoms with van der Waals surface area (Å²) in [5, 5.41) is 0. The molecular weight excluding hydrogens is 1580 g/mol. The number of piperazine rings is 1. The van der Waals surface area contributed by atoms with Crippen molar-refractivity contribution in [1.29, 1.82) is 0 Å². The van der Waals surface area contributed by atoms with Crippen LogP contribution in [0.4, 0.5) is 8.78 Å². The number of ether oxygens (including phenoxy) is 10. The van der Waals surface area contributed by atoms with Crippen molar-refractivity contribution in [3.05, 3.63) is 0 Å². The van der Waals surface area contributed by atoms with E-state index < -0.39 is 17.2 Å². The van der Waals surface area contributed by atoms with Crippen LogP contribution < -0.4 is 0 Å². The van der Waals surface area contributed by atoms with E-state index in [1.807, 2.05) is 30.6 Å². The number of morpholine rings is 9. The summed E-state index contributed by atoms with van der Waals surface area (Å²) in [4.78, 5) is 62.1. The lowest BCUT2D eigenvalue weighted by Gasteiger charge is -2.41. The van der Waals surface area contributed by atoms with E-state index in [2.05, 4.69) is 224 Å². The van der Waals surface area contributed by atoms with Gasteiger partial charge < -0.3 is 71.9 Å². The first-order valence-corrected chi connectivity index (χ1v) is 47.8. The van der Waals surface area contributed by atoms with Gasteiger partial charge in [-0.15, -0.1) is 0 Å². The number of likely N-dealkylation sites (N-methyl/N-ethyl adjacent to an activating group) is 2. The fourth-order valence-electron chi connectivity index (χ4n) is 13.8. The predicted molar refractivity (Wildman–Crippen MR) is 508 cm³/mol. The molecule has 10 heterocycles. The second-order valence-corrected chi connectivity index (χ2v) is 45.6.